The molecule has 0 atom stereocenters. The molecule has 146 valence electrons. The summed E-state index contributed by atoms with van der Waals surface area (Å²) in [4.78, 5) is 29.3. The Kier molecular flexibility index (Phi) is 4.71. The topological polar surface area (TPSA) is 54.9 Å². The van der Waals surface area contributed by atoms with Gasteiger partial charge in [0.25, 0.3) is 5.56 Å². The lowest BCUT2D eigenvalue weighted by atomic mass is 9.72. The van der Waals surface area contributed by atoms with E-state index < -0.39 is 5.41 Å². The maximum absolute atomic E-state index is 13.2. The van der Waals surface area contributed by atoms with Crippen LogP contribution in [0, 0.1) is 4.77 Å². The van der Waals surface area contributed by atoms with E-state index in [1.165, 1.54) is 0 Å². The highest BCUT2D eigenvalue weighted by Crippen LogP contribution is 2.40. The minimum Gasteiger partial charge on any atom is -0.331 e. The van der Waals surface area contributed by atoms with Crippen molar-refractivity contribution < 1.29 is 4.79 Å². The third-order valence-electron chi connectivity index (χ3n) is 5.48. The summed E-state index contributed by atoms with van der Waals surface area (Å²) in [5.41, 5.74) is 4.28. The van der Waals surface area contributed by atoms with E-state index in [1.54, 1.807) is 10.6 Å². The predicted octanol–water partition coefficient (Wildman–Crippen LogP) is 4.82. The molecule has 3 aromatic rings. The lowest BCUT2D eigenvalue weighted by molar-refractivity contribution is 0.103. The van der Waals surface area contributed by atoms with Crippen LogP contribution in [0.4, 0.5) is 0 Å². The van der Waals surface area contributed by atoms with Gasteiger partial charge in [-0.15, -0.1) is 6.58 Å². The molecule has 0 saturated carbocycles. The van der Waals surface area contributed by atoms with Crippen LogP contribution in [0.2, 0.25) is 0 Å². The van der Waals surface area contributed by atoms with Crippen molar-refractivity contribution in [1.29, 1.82) is 0 Å². The summed E-state index contributed by atoms with van der Waals surface area (Å²) in [5, 5.41) is 0. The summed E-state index contributed by atoms with van der Waals surface area (Å²) in [7, 11) is 0. The zero-order valence-corrected chi connectivity index (χ0v) is 17.3. The van der Waals surface area contributed by atoms with Gasteiger partial charge < -0.3 is 4.98 Å². The highest BCUT2D eigenvalue weighted by molar-refractivity contribution is 7.71. The van der Waals surface area contributed by atoms with Gasteiger partial charge in [-0.3, -0.25) is 14.2 Å². The molecule has 2 aromatic carbocycles. The Balaban J connectivity index is 1.89. The van der Waals surface area contributed by atoms with Crippen LogP contribution in [0.3, 0.4) is 0 Å². The molecule has 0 bridgehead atoms. The Morgan fingerprint density at radius 3 is 2.62 bits per heavy atom. The van der Waals surface area contributed by atoms with Gasteiger partial charge in [0.15, 0.2) is 10.6 Å². The minimum absolute atomic E-state index is 0.00802. The number of H-pyrrole nitrogens is 1. The fourth-order valence-corrected chi connectivity index (χ4v) is 4.40. The van der Waals surface area contributed by atoms with Crippen molar-refractivity contribution in [3.8, 4) is 11.3 Å². The van der Waals surface area contributed by atoms with Crippen LogP contribution in [0.1, 0.15) is 40.9 Å². The van der Waals surface area contributed by atoms with Gasteiger partial charge in [0.1, 0.15) is 0 Å². The van der Waals surface area contributed by atoms with E-state index in [0.29, 0.717) is 28.9 Å². The first-order chi connectivity index (χ1) is 13.8. The summed E-state index contributed by atoms with van der Waals surface area (Å²) in [6.07, 6.45) is 2.34. The number of ketones is 1. The van der Waals surface area contributed by atoms with Crippen molar-refractivity contribution in [2.75, 3.05) is 0 Å². The van der Waals surface area contributed by atoms with Crippen LogP contribution < -0.4 is 5.56 Å². The van der Waals surface area contributed by atoms with Crippen LogP contribution in [0.25, 0.3) is 11.3 Å². The Morgan fingerprint density at radius 1 is 1.21 bits per heavy atom. The van der Waals surface area contributed by atoms with Gasteiger partial charge in [-0.2, -0.15) is 0 Å². The quantitative estimate of drug-likeness (QED) is 0.387. The first-order valence-electron chi connectivity index (χ1n) is 9.55. The molecule has 0 aliphatic heterocycles. The number of carbonyl (C=O) groups excluding carboxylic acids is 1. The highest BCUT2D eigenvalue weighted by Gasteiger charge is 2.35. The second kappa shape index (κ2) is 7.08. The molecule has 4 rings (SSSR count). The van der Waals surface area contributed by atoms with E-state index >= 15 is 0 Å². The maximum Gasteiger partial charge on any atom is 0.258 e. The molecule has 0 spiro atoms. The lowest BCUT2D eigenvalue weighted by Gasteiger charge is -2.33. The number of nitrogens with zero attached hydrogens (tertiary/aromatic N) is 1. The molecule has 0 unspecified atom stereocenters. The molecule has 5 heteroatoms. The monoisotopic (exact) mass is 402 g/mol. The zero-order chi connectivity index (χ0) is 20.8. The number of nitrogens with one attached hydrogen (secondary N) is 1. The van der Waals surface area contributed by atoms with E-state index in [0.717, 1.165) is 22.4 Å². The number of aromatic nitrogens is 2. The van der Waals surface area contributed by atoms with Crippen LogP contribution in [0.5, 0.6) is 0 Å². The fraction of sp³-hybridized carbons (Fsp3) is 0.208. The first-order valence-corrected chi connectivity index (χ1v) is 9.96. The SMILES string of the molecule is C=CCn1c(=S)[nH]c2c(c1=O)C(C)(C)Cc1cc(C(=O)c3ccccc3)ccc1-2. The van der Waals surface area contributed by atoms with Crippen molar-refractivity contribution in [2.45, 2.75) is 32.2 Å². The van der Waals surface area contributed by atoms with Crippen LogP contribution >= 0.6 is 12.2 Å². The van der Waals surface area contributed by atoms with Gasteiger partial charge >= 0.3 is 0 Å². The molecule has 0 saturated heterocycles. The Hall–Kier alpha value is -3.05. The number of fused-ring (bicyclic) bond motifs is 3. The van der Waals surface area contributed by atoms with Crippen LogP contribution in [-0.2, 0) is 18.4 Å². The molecule has 0 radical (unpaired) electrons. The summed E-state index contributed by atoms with van der Waals surface area (Å²) >= 11 is 5.43. The fourth-order valence-electron chi connectivity index (χ4n) is 4.14. The van der Waals surface area contributed by atoms with E-state index in [-0.39, 0.29) is 11.3 Å². The molecule has 1 N–H and O–H groups in total. The molecule has 29 heavy (non-hydrogen) atoms. The van der Waals surface area contributed by atoms with Crippen molar-refractivity contribution in [3.63, 3.8) is 0 Å². The smallest absolute Gasteiger partial charge is 0.258 e. The lowest BCUT2D eigenvalue weighted by Crippen LogP contribution is -2.38. The molecule has 1 aliphatic carbocycles. The second-order valence-electron chi connectivity index (χ2n) is 8.01. The van der Waals surface area contributed by atoms with Crippen molar-refractivity contribution in [1.82, 2.24) is 9.55 Å². The third-order valence-corrected chi connectivity index (χ3v) is 5.80. The van der Waals surface area contributed by atoms with E-state index in [1.807, 2.05) is 48.5 Å². The molecular formula is C24H22N2O2S. The van der Waals surface area contributed by atoms with Crippen LogP contribution in [0.15, 0.2) is 66.0 Å². The summed E-state index contributed by atoms with van der Waals surface area (Å²) in [5.74, 6) is -0.00802. The summed E-state index contributed by atoms with van der Waals surface area (Å²) < 4.78 is 1.92. The molecule has 1 aliphatic rings. The van der Waals surface area contributed by atoms with Gasteiger partial charge in [-0.1, -0.05) is 62.4 Å². The summed E-state index contributed by atoms with van der Waals surface area (Å²) in [6.45, 7) is 8.20. The average molecular weight is 403 g/mol. The normalized spacial score (nSPS) is 14.0. The Labute approximate surface area is 174 Å². The molecule has 1 heterocycles. The number of benzene rings is 2. The van der Waals surface area contributed by atoms with E-state index in [9.17, 15) is 9.59 Å². The number of aromatic amines is 1. The zero-order valence-electron chi connectivity index (χ0n) is 16.5. The second-order valence-corrected chi connectivity index (χ2v) is 8.40. The highest BCUT2D eigenvalue weighted by atomic mass is 32.1. The molecular weight excluding hydrogens is 380 g/mol. The standard InChI is InChI=1S/C24H22N2O2S/c1-4-12-26-22(28)19-20(25-23(26)29)18-11-10-16(13-17(18)14-24(19,2)3)21(27)15-8-6-5-7-9-15/h4-11,13H,1,12,14H2,2-3H3,(H,25,29). The van der Waals surface area contributed by atoms with Gasteiger partial charge in [0, 0.05) is 34.2 Å². The van der Waals surface area contributed by atoms with Gasteiger partial charge in [-0.25, -0.2) is 0 Å². The van der Waals surface area contributed by atoms with Crippen LogP contribution in [-0.4, -0.2) is 15.3 Å². The number of carbonyl (C=O) groups is 1. The predicted molar refractivity (Wildman–Crippen MR) is 118 cm³/mol. The number of hydrogen-bond acceptors (Lipinski definition) is 3. The molecule has 0 fully saturated rings. The average Bonchev–Trinajstić information content (AvgIpc) is 2.69. The number of allylic oxidation sites excluding steroid dienone is 1. The maximum atomic E-state index is 13.2. The van der Waals surface area contributed by atoms with Crippen molar-refractivity contribution in [2.24, 2.45) is 0 Å². The van der Waals surface area contributed by atoms with E-state index in [4.69, 9.17) is 12.2 Å². The Morgan fingerprint density at radius 2 is 1.93 bits per heavy atom. The Bertz CT molecular complexity index is 1250. The molecule has 4 nitrogen and oxygen atoms in total. The summed E-state index contributed by atoms with van der Waals surface area (Å²) in [6, 6.07) is 14.9. The van der Waals surface area contributed by atoms with Gasteiger partial charge in [0.2, 0.25) is 0 Å². The number of rotatable bonds is 4. The molecule has 1 aromatic heterocycles. The van der Waals surface area contributed by atoms with Crippen molar-refractivity contribution >= 4 is 18.0 Å². The minimum atomic E-state index is -0.393. The number of hydrogen-bond donors (Lipinski definition) is 1. The van der Waals surface area contributed by atoms with Crippen molar-refractivity contribution in [3.05, 3.63) is 98.6 Å². The third kappa shape index (κ3) is 3.21. The van der Waals surface area contributed by atoms with E-state index in [2.05, 4.69) is 25.4 Å². The first kappa shape index (κ1) is 19.3. The largest absolute Gasteiger partial charge is 0.331 e. The van der Waals surface area contributed by atoms with Gasteiger partial charge in [0.05, 0.1) is 5.69 Å². The molecule has 0 amide bonds. The van der Waals surface area contributed by atoms with Gasteiger partial charge in [-0.05, 0) is 30.3 Å².